The number of rotatable bonds is 3. The lowest BCUT2D eigenvalue weighted by atomic mass is 9.92. The molecule has 1 heterocycles. The number of aliphatic hydroxyl groups is 1. The standard InChI is InChI=1S/C15H20N4O/c1-10(2)19-14(17-9-18-19)8-15(20)7-13(16)11-5-3-4-6-12(11)15/h3-6,9-10,13,20H,7-8,16H2,1-2H3. The van der Waals surface area contributed by atoms with Gasteiger partial charge >= 0.3 is 0 Å². The number of nitrogens with two attached hydrogens (primary N) is 1. The summed E-state index contributed by atoms with van der Waals surface area (Å²) in [5, 5.41) is 15.3. The van der Waals surface area contributed by atoms with E-state index in [2.05, 4.69) is 23.9 Å². The first kappa shape index (κ1) is 13.3. The number of nitrogens with zero attached hydrogens (tertiary/aromatic N) is 3. The summed E-state index contributed by atoms with van der Waals surface area (Å²) in [6, 6.07) is 7.95. The van der Waals surface area contributed by atoms with Crippen molar-refractivity contribution in [2.75, 3.05) is 0 Å². The van der Waals surface area contributed by atoms with Crippen LogP contribution in [-0.4, -0.2) is 19.9 Å². The van der Waals surface area contributed by atoms with Crippen LogP contribution in [0.1, 0.15) is 49.3 Å². The molecule has 3 rings (SSSR count). The van der Waals surface area contributed by atoms with E-state index in [-0.39, 0.29) is 12.1 Å². The minimum absolute atomic E-state index is 0.119. The quantitative estimate of drug-likeness (QED) is 0.891. The van der Waals surface area contributed by atoms with E-state index < -0.39 is 5.60 Å². The molecule has 0 radical (unpaired) electrons. The van der Waals surface area contributed by atoms with Gasteiger partial charge in [0.25, 0.3) is 0 Å². The Labute approximate surface area is 118 Å². The minimum atomic E-state index is -0.949. The Kier molecular flexibility index (Phi) is 3.11. The third-order valence-corrected chi connectivity index (χ3v) is 4.01. The van der Waals surface area contributed by atoms with Gasteiger partial charge in [-0.2, -0.15) is 5.10 Å². The Balaban J connectivity index is 1.97. The lowest BCUT2D eigenvalue weighted by molar-refractivity contribution is 0.0308. The molecule has 1 aliphatic rings. The predicted octanol–water partition coefficient (Wildman–Crippen LogP) is 1.69. The Morgan fingerprint density at radius 3 is 2.95 bits per heavy atom. The molecule has 5 heteroatoms. The zero-order valence-electron chi connectivity index (χ0n) is 11.8. The van der Waals surface area contributed by atoms with Gasteiger partial charge in [0.15, 0.2) is 0 Å². The van der Waals surface area contributed by atoms with Crippen molar-refractivity contribution in [3.8, 4) is 0 Å². The van der Waals surface area contributed by atoms with Crippen LogP contribution in [0.15, 0.2) is 30.6 Å². The first-order valence-corrected chi connectivity index (χ1v) is 6.97. The molecule has 2 atom stereocenters. The first-order chi connectivity index (χ1) is 9.51. The summed E-state index contributed by atoms with van der Waals surface area (Å²) in [4.78, 5) is 4.30. The second-order valence-corrected chi connectivity index (χ2v) is 5.82. The number of hydrogen-bond donors (Lipinski definition) is 2. The smallest absolute Gasteiger partial charge is 0.138 e. The summed E-state index contributed by atoms with van der Waals surface area (Å²) in [7, 11) is 0. The fourth-order valence-corrected chi connectivity index (χ4v) is 3.09. The van der Waals surface area contributed by atoms with E-state index >= 15 is 0 Å². The fraction of sp³-hybridized carbons (Fsp3) is 0.467. The highest BCUT2D eigenvalue weighted by molar-refractivity contribution is 5.40. The molecule has 0 bridgehead atoms. The highest BCUT2D eigenvalue weighted by Gasteiger charge is 2.41. The molecular formula is C15H20N4O. The van der Waals surface area contributed by atoms with Crippen LogP contribution in [0.3, 0.4) is 0 Å². The molecule has 1 aromatic carbocycles. The third-order valence-electron chi connectivity index (χ3n) is 4.01. The molecule has 0 saturated carbocycles. The maximum absolute atomic E-state index is 11.0. The van der Waals surface area contributed by atoms with E-state index in [9.17, 15) is 5.11 Å². The molecule has 106 valence electrons. The number of aromatic nitrogens is 3. The minimum Gasteiger partial charge on any atom is -0.385 e. The average molecular weight is 272 g/mol. The van der Waals surface area contributed by atoms with Crippen LogP contribution in [0.5, 0.6) is 0 Å². The predicted molar refractivity (Wildman–Crippen MR) is 76.0 cm³/mol. The Morgan fingerprint density at radius 2 is 2.20 bits per heavy atom. The van der Waals surface area contributed by atoms with Gasteiger partial charge in [0.2, 0.25) is 0 Å². The topological polar surface area (TPSA) is 77.0 Å². The van der Waals surface area contributed by atoms with Crippen LogP contribution in [0.4, 0.5) is 0 Å². The molecule has 1 aromatic heterocycles. The summed E-state index contributed by atoms with van der Waals surface area (Å²) < 4.78 is 1.85. The third kappa shape index (κ3) is 2.03. The van der Waals surface area contributed by atoms with Crippen molar-refractivity contribution < 1.29 is 5.11 Å². The Hall–Kier alpha value is -1.72. The van der Waals surface area contributed by atoms with Crippen molar-refractivity contribution in [1.29, 1.82) is 0 Å². The van der Waals surface area contributed by atoms with Crippen molar-refractivity contribution in [2.24, 2.45) is 5.73 Å². The molecule has 0 amide bonds. The normalized spacial score (nSPS) is 25.1. The molecule has 0 spiro atoms. The monoisotopic (exact) mass is 272 g/mol. The Bertz CT molecular complexity index is 622. The average Bonchev–Trinajstić information content (AvgIpc) is 2.95. The molecule has 0 fully saturated rings. The number of hydrogen-bond acceptors (Lipinski definition) is 4. The highest BCUT2D eigenvalue weighted by atomic mass is 16.3. The zero-order valence-corrected chi connectivity index (χ0v) is 11.8. The van der Waals surface area contributed by atoms with Crippen molar-refractivity contribution in [2.45, 2.75) is 44.4 Å². The lowest BCUT2D eigenvalue weighted by Crippen LogP contribution is -2.28. The molecular weight excluding hydrogens is 252 g/mol. The molecule has 20 heavy (non-hydrogen) atoms. The van der Waals surface area contributed by atoms with Crippen molar-refractivity contribution in [3.63, 3.8) is 0 Å². The fourth-order valence-electron chi connectivity index (χ4n) is 3.09. The second kappa shape index (κ2) is 4.68. The van der Waals surface area contributed by atoms with Crippen LogP contribution in [0.25, 0.3) is 0 Å². The summed E-state index contributed by atoms with van der Waals surface area (Å²) in [6.45, 7) is 4.10. The summed E-state index contributed by atoms with van der Waals surface area (Å²) in [6.07, 6.45) is 2.51. The van der Waals surface area contributed by atoms with Gasteiger partial charge in [-0.15, -0.1) is 0 Å². The van der Waals surface area contributed by atoms with Gasteiger partial charge < -0.3 is 10.8 Å². The van der Waals surface area contributed by atoms with E-state index in [1.807, 2.05) is 28.9 Å². The molecule has 0 saturated heterocycles. The van der Waals surface area contributed by atoms with Gasteiger partial charge in [0.05, 0.1) is 5.60 Å². The maximum atomic E-state index is 11.0. The molecule has 2 unspecified atom stereocenters. The molecule has 5 nitrogen and oxygen atoms in total. The summed E-state index contributed by atoms with van der Waals surface area (Å²) in [5.41, 5.74) is 7.15. The van der Waals surface area contributed by atoms with Gasteiger partial charge in [0.1, 0.15) is 12.2 Å². The summed E-state index contributed by atoms with van der Waals surface area (Å²) >= 11 is 0. The number of fused-ring (bicyclic) bond motifs is 1. The van der Waals surface area contributed by atoms with Gasteiger partial charge in [0, 0.05) is 24.9 Å². The van der Waals surface area contributed by atoms with Gasteiger partial charge in [-0.05, 0) is 25.0 Å². The first-order valence-electron chi connectivity index (χ1n) is 6.97. The Morgan fingerprint density at radius 1 is 1.45 bits per heavy atom. The van der Waals surface area contributed by atoms with Crippen LogP contribution in [-0.2, 0) is 12.0 Å². The van der Waals surface area contributed by atoms with Crippen LogP contribution >= 0.6 is 0 Å². The van der Waals surface area contributed by atoms with E-state index in [0.717, 1.165) is 17.0 Å². The van der Waals surface area contributed by atoms with Crippen LogP contribution in [0.2, 0.25) is 0 Å². The van der Waals surface area contributed by atoms with Crippen LogP contribution in [0, 0.1) is 0 Å². The van der Waals surface area contributed by atoms with Gasteiger partial charge in [-0.3, -0.25) is 0 Å². The molecule has 2 aromatic rings. The number of benzene rings is 1. The van der Waals surface area contributed by atoms with E-state index in [1.165, 1.54) is 0 Å². The molecule has 1 aliphatic carbocycles. The van der Waals surface area contributed by atoms with Gasteiger partial charge in [-0.1, -0.05) is 24.3 Å². The van der Waals surface area contributed by atoms with Crippen molar-refractivity contribution in [1.82, 2.24) is 14.8 Å². The second-order valence-electron chi connectivity index (χ2n) is 5.82. The van der Waals surface area contributed by atoms with Crippen LogP contribution < -0.4 is 5.73 Å². The van der Waals surface area contributed by atoms with E-state index in [1.54, 1.807) is 6.33 Å². The summed E-state index contributed by atoms with van der Waals surface area (Å²) in [5.74, 6) is 0.798. The van der Waals surface area contributed by atoms with E-state index in [4.69, 9.17) is 5.73 Å². The zero-order chi connectivity index (χ0) is 14.3. The molecule has 0 aliphatic heterocycles. The SMILES string of the molecule is CC(C)n1ncnc1CC1(O)CC(N)c2ccccc21. The van der Waals surface area contributed by atoms with Crippen molar-refractivity contribution >= 4 is 0 Å². The maximum Gasteiger partial charge on any atom is 0.138 e. The lowest BCUT2D eigenvalue weighted by Gasteiger charge is -2.24. The highest BCUT2D eigenvalue weighted by Crippen LogP contribution is 2.43. The van der Waals surface area contributed by atoms with E-state index in [0.29, 0.717) is 12.8 Å². The van der Waals surface area contributed by atoms with Gasteiger partial charge in [-0.25, -0.2) is 9.67 Å². The largest absolute Gasteiger partial charge is 0.385 e. The van der Waals surface area contributed by atoms with Crippen molar-refractivity contribution in [3.05, 3.63) is 47.5 Å². The molecule has 3 N–H and O–H groups in total.